The monoisotopic (exact) mass is 279 g/mol. The zero-order chi connectivity index (χ0) is 11.4. The van der Waals surface area contributed by atoms with Gasteiger partial charge in [-0.15, -0.1) is 0 Å². The molecule has 0 saturated carbocycles. The van der Waals surface area contributed by atoms with E-state index in [1.807, 2.05) is 0 Å². The van der Waals surface area contributed by atoms with Gasteiger partial charge in [0, 0.05) is 6.07 Å². The van der Waals surface area contributed by atoms with Crippen molar-refractivity contribution in [3.05, 3.63) is 28.2 Å². The number of benzene rings is 1. The van der Waals surface area contributed by atoms with Gasteiger partial charge in [-0.1, -0.05) is 0 Å². The normalized spacial score (nSPS) is 9.87. The maximum atomic E-state index is 13.1. The summed E-state index contributed by atoms with van der Waals surface area (Å²) < 4.78 is 30.4. The topological polar surface area (TPSA) is 38.3 Å². The third kappa shape index (κ3) is 3.16. The molecule has 0 heterocycles. The second-order valence-corrected chi connectivity index (χ2v) is 3.53. The molecule has 3 nitrogen and oxygen atoms in total. The standard InChI is InChI=1S/C9H8BrF2NO2/c1-15-9(14)4-13-8-2-5(10)6(11)3-7(8)12/h2-3,13H,4H2,1H3. The lowest BCUT2D eigenvalue weighted by Crippen LogP contribution is -2.15. The first-order chi connectivity index (χ1) is 7.04. The molecule has 0 aliphatic rings. The van der Waals surface area contributed by atoms with Crippen molar-refractivity contribution < 1.29 is 18.3 Å². The van der Waals surface area contributed by atoms with Gasteiger partial charge in [0.2, 0.25) is 0 Å². The van der Waals surface area contributed by atoms with E-state index in [4.69, 9.17) is 0 Å². The quantitative estimate of drug-likeness (QED) is 0.682. The fourth-order valence-electron chi connectivity index (χ4n) is 0.898. The summed E-state index contributed by atoms with van der Waals surface area (Å²) in [5.74, 6) is -1.99. The summed E-state index contributed by atoms with van der Waals surface area (Å²) in [5, 5.41) is 2.49. The van der Waals surface area contributed by atoms with E-state index >= 15 is 0 Å². The van der Waals surface area contributed by atoms with Crippen LogP contribution in [-0.4, -0.2) is 19.6 Å². The minimum absolute atomic E-state index is 0.0358. The molecule has 0 saturated heterocycles. The molecule has 82 valence electrons. The number of methoxy groups -OCH3 is 1. The predicted octanol–water partition coefficient (Wildman–Crippen LogP) is 2.31. The zero-order valence-electron chi connectivity index (χ0n) is 7.81. The Morgan fingerprint density at radius 2 is 2.13 bits per heavy atom. The molecule has 1 N–H and O–H groups in total. The molecule has 0 atom stereocenters. The van der Waals surface area contributed by atoms with Gasteiger partial charge in [-0.25, -0.2) is 8.78 Å². The lowest BCUT2D eigenvalue weighted by Gasteiger charge is -2.07. The number of halogens is 3. The molecule has 0 unspecified atom stereocenters. The SMILES string of the molecule is COC(=O)CNc1cc(Br)c(F)cc1F. The summed E-state index contributed by atoms with van der Waals surface area (Å²) in [6.45, 7) is -0.175. The number of hydrogen-bond acceptors (Lipinski definition) is 3. The molecule has 0 radical (unpaired) electrons. The smallest absolute Gasteiger partial charge is 0.325 e. The molecule has 0 aliphatic heterocycles. The lowest BCUT2D eigenvalue weighted by molar-refractivity contribution is -0.138. The van der Waals surface area contributed by atoms with Crippen molar-refractivity contribution in [2.24, 2.45) is 0 Å². The van der Waals surface area contributed by atoms with Crippen LogP contribution in [0.15, 0.2) is 16.6 Å². The molecular weight excluding hydrogens is 272 g/mol. The highest BCUT2D eigenvalue weighted by molar-refractivity contribution is 9.10. The van der Waals surface area contributed by atoms with E-state index in [1.54, 1.807) is 0 Å². The second kappa shape index (κ2) is 5.06. The molecule has 0 aliphatic carbocycles. The summed E-state index contributed by atoms with van der Waals surface area (Å²) >= 11 is 2.91. The number of esters is 1. The first-order valence-electron chi connectivity index (χ1n) is 4.00. The van der Waals surface area contributed by atoms with Gasteiger partial charge in [-0.3, -0.25) is 4.79 Å². The number of anilines is 1. The fourth-order valence-corrected chi connectivity index (χ4v) is 1.24. The lowest BCUT2D eigenvalue weighted by atomic mass is 10.3. The Hall–Kier alpha value is -1.17. The summed E-state index contributed by atoms with van der Waals surface area (Å²) in [6.07, 6.45) is 0. The largest absolute Gasteiger partial charge is 0.468 e. The highest BCUT2D eigenvalue weighted by atomic mass is 79.9. The summed E-state index contributed by atoms with van der Waals surface area (Å²) in [4.78, 5) is 10.8. The molecule has 0 spiro atoms. The van der Waals surface area contributed by atoms with E-state index in [0.717, 1.165) is 6.07 Å². The Morgan fingerprint density at radius 3 is 2.73 bits per heavy atom. The average molecular weight is 280 g/mol. The molecule has 0 bridgehead atoms. The van der Waals surface area contributed by atoms with Crippen LogP contribution in [0.4, 0.5) is 14.5 Å². The number of carbonyl (C=O) groups is 1. The zero-order valence-corrected chi connectivity index (χ0v) is 9.40. The summed E-state index contributed by atoms with van der Waals surface area (Å²) in [6, 6.07) is 1.94. The van der Waals surface area contributed by atoms with Gasteiger partial charge < -0.3 is 10.1 Å². The summed E-state index contributed by atoms with van der Waals surface area (Å²) in [5.41, 5.74) is 0.0358. The van der Waals surface area contributed by atoms with Crippen molar-refractivity contribution in [3.8, 4) is 0 Å². The van der Waals surface area contributed by atoms with Gasteiger partial charge in [0.1, 0.15) is 18.2 Å². The molecule has 6 heteroatoms. The van der Waals surface area contributed by atoms with Gasteiger partial charge in [0.05, 0.1) is 17.3 Å². The van der Waals surface area contributed by atoms with Crippen LogP contribution in [0.5, 0.6) is 0 Å². The second-order valence-electron chi connectivity index (χ2n) is 2.68. The third-order valence-corrected chi connectivity index (χ3v) is 2.27. The van der Waals surface area contributed by atoms with Gasteiger partial charge >= 0.3 is 5.97 Å². The molecule has 15 heavy (non-hydrogen) atoms. The van der Waals surface area contributed by atoms with E-state index < -0.39 is 17.6 Å². The molecule has 1 aromatic carbocycles. The van der Waals surface area contributed by atoms with Crippen molar-refractivity contribution >= 4 is 27.6 Å². The minimum Gasteiger partial charge on any atom is -0.468 e. The molecule has 0 fully saturated rings. The molecule has 0 aromatic heterocycles. The highest BCUT2D eigenvalue weighted by Gasteiger charge is 2.09. The Kier molecular flexibility index (Phi) is 4.02. The van der Waals surface area contributed by atoms with Crippen molar-refractivity contribution in [1.82, 2.24) is 0 Å². The van der Waals surface area contributed by atoms with Crippen LogP contribution < -0.4 is 5.32 Å². The van der Waals surface area contributed by atoms with Crippen LogP contribution in [0, 0.1) is 11.6 Å². The predicted molar refractivity (Wildman–Crippen MR) is 54.6 cm³/mol. The maximum absolute atomic E-state index is 13.1. The maximum Gasteiger partial charge on any atom is 0.325 e. The Bertz CT molecular complexity index is 385. The Morgan fingerprint density at radius 1 is 1.47 bits per heavy atom. The van der Waals surface area contributed by atoms with Crippen LogP contribution >= 0.6 is 15.9 Å². The first-order valence-corrected chi connectivity index (χ1v) is 4.79. The fraction of sp³-hybridized carbons (Fsp3) is 0.222. The Labute approximate surface area is 93.5 Å². The van der Waals surface area contributed by atoms with Gasteiger partial charge in [-0.05, 0) is 22.0 Å². The van der Waals surface area contributed by atoms with E-state index in [-0.39, 0.29) is 16.7 Å². The van der Waals surface area contributed by atoms with Crippen LogP contribution in [-0.2, 0) is 9.53 Å². The Balaban J connectivity index is 2.77. The van der Waals surface area contributed by atoms with E-state index in [2.05, 4.69) is 26.0 Å². The van der Waals surface area contributed by atoms with Crippen LogP contribution in [0.3, 0.4) is 0 Å². The number of hydrogen-bond donors (Lipinski definition) is 1. The minimum atomic E-state index is -0.764. The molecule has 0 amide bonds. The summed E-state index contributed by atoms with van der Waals surface area (Å²) in [7, 11) is 1.22. The van der Waals surface area contributed by atoms with E-state index in [1.165, 1.54) is 13.2 Å². The molecule has 1 rings (SSSR count). The third-order valence-electron chi connectivity index (χ3n) is 1.66. The van der Waals surface area contributed by atoms with Gasteiger partial charge in [-0.2, -0.15) is 0 Å². The van der Waals surface area contributed by atoms with Gasteiger partial charge in [0.25, 0.3) is 0 Å². The number of nitrogens with one attached hydrogen (secondary N) is 1. The molecular formula is C9H8BrF2NO2. The van der Waals surface area contributed by atoms with E-state index in [9.17, 15) is 13.6 Å². The average Bonchev–Trinajstić information content (AvgIpc) is 2.21. The molecule has 1 aromatic rings. The van der Waals surface area contributed by atoms with Crippen molar-refractivity contribution in [3.63, 3.8) is 0 Å². The number of rotatable bonds is 3. The van der Waals surface area contributed by atoms with Crippen LogP contribution in [0.2, 0.25) is 0 Å². The number of carbonyl (C=O) groups excluding carboxylic acids is 1. The van der Waals surface area contributed by atoms with Crippen LogP contribution in [0.1, 0.15) is 0 Å². The number of ether oxygens (including phenoxy) is 1. The highest BCUT2D eigenvalue weighted by Crippen LogP contribution is 2.23. The van der Waals surface area contributed by atoms with Gasteiger partial charge in [0.15, 0.2) is 0 Å². The van der Waals surface area contributed by atoms with Crippen molar-refractivity contribution in [2.75, 3.05) is 19.0 Å². The van der Waals surface area contributed by atoms with Crippen molar-refractivity contribution in [1.29, 1.82) is 0 Å². The van der Waals surface area contributed by atoms with E-state index in [0.29, 0.717) is 0 Å². The van der Waals surface area contributed by atoms with Crippen LogP contribution in [0.25, 0.3) is 0 Å². The first kappa shape index (κ1) is 11.9. The van der Waals surface area contributed by atoms with Crippen molar-refractivity contribution in [2.45, 2.75) is 0 Å².